The zero-order valence-electron chi connectivity index (χ0n) is 7.04. The van der Waals surface area contributed by atoms with Gasteiger partial charge in [0.15, 0.2) is 0 Å². The van der Waals surface area contributed by atoms with Crippen molar-refractivity contribution in [2.24, 2.45) is 0 Å². The number of rotatable bonds is 5. The van der Waals surface area contributed by atoms with Crippen LogP contribution in [0.15, 0.2) is 0 Å². The largest absolute Gasteiger partial charge is 0.463 e. The molecule has 0 aliphatic rings. The van der Waals surface area contributed by atoms with Crippen LogP contribution in [0, 0.1) is 0 Å². The van der Waals surface area contributed by atoms with Crippen LogP contribution in [0.5, 0.6) is 0 Å². The fraction of sp³-hybridized carbons (Fsp3) is 0.857. The normalized spacial score (nSPS) is 10.2. The van der Waals surface area contributed by atoms with E-state index >= 15 is 0 Å². The maximum atomic E-state index is 10.7. The molecule has 0 unspecified atom stereocenters. The Balaban J connectivity index is 3.23. The van der Waals surface area contributed by atoms with Crippen LogP contribution >= 0.6 is 0 Å². The number of hydrogen-bond donors (Lipinski definition) is 1. The first kappa shape index (κ1) is 10.4. The Labute approximate surface area is 66.8 Å². The molecule has 0 rings (SSSR count). The maximum absolute atomic E-state index is 10.7. The van der Waals surface area contributed by atoms with Crippen LogP contribution in [0.4, 0.5) is 0 Å². The topological polar surface area (TPSA) is 49.8 Å². The average Bonchev–Trinajstić information content (AvgIpc) is 1.97. The standard InChI is InChI=1S/C7H15NO3/c1-8(2)4-3-7(10)11-6-5-9/h9H,3-6H2,1-2H3. The van der Waals surface area contributed by atoms with Gasteiger partial charge in [-0.05, 0) is 14.1 Å². The van der Waals surface area contributed by atoms with Crippen molar-refractivity contribution in [3.63, 3.8) is 0 Å². The zero-order chi connectivity index (χ0) is 8.69. The first-order chi connectivity index (χ1) is 5.16. The van der Waals surface area contributed by atoms with E-state index < -0.39 is 0 Å². The van der Waals surface area contributed by atoms with E-state index in [1.807, 2.05) is 19.0 Å². The number of carbonyl (C=O) groups excluding carboxylic acids is 1. The Hall–Kier alpha value is -0.610. The fourth-order valence-corrected chi connectivity index (χ4v) is 0.547. The molecule has 0 fully saturated rings. The van der Waals surface area contributed by atoms with Crippen LogP contribution in [-0.2, 0) is 9.53 Å². The molecule has 0 heterocycles. The molecule has 0 aromatic rings. The van der Waals surface area contributed by atoms with Gasteiger partial charge in [0.25, 0.3) is 0 Å². The van der Waals surface area contributed by atoms with E-state index in [2.05, 4.69) is 4.74 Å². The monoisotopic (exact) mass is 161 g/mol. The molecule has 66 valence electrons. The van der Waals surface area contributed by atoms with E-state index in [0.29, 0.717) is 13.0 Å². The molecule has 0 spiro atoms. The Morgan fingerprint density at radius 1 is 1.55 bits per heavy atom. The van der Waals surface area contributed by atoms with E-state index in [4.69, 9.17) is 5.11 Å². The van der Waals surface area contributed by atoms with Gasteiger partial charge in [0, 0.05) is 6.54 Å². The molecule has 0 aromatic carbocycles. The molecule has 4 heteroatoms. The molecule has 0 amide bonds. The van der Waals surface area contributed by atoms with Crippen molar-refractivity contribution in [2.75, 3.05) is 33.9 Å². The van der Waals surface area contributed by atoms with Gasteiger partial charge in [-0.1, -0.05) is 0 Å². The summed E-state index contributed by atoms with van der Waals surface area (Å²) in [6.07, 6.45) is 0.382. The molecule has 0 saturated heterocycles. The van der Waals surface area contributed by atoms with Crippen LogP contribution < -0.4 is 0 Å². The molecular formula is C7H15NO3. The summed E-state index contributed by atoms with van der Waals surface area (Å²) in [5.41, 5.74) is 0. The van der Waals surface area contributed by atoms with Crippen molar-refractivity contribution in [3.8, 4) is 0 Å². The highest BCUT2D eigenvalue weighted by Crippen LogP contribution is 1.87. The lowest BCUT2D eigenvalue weighted by Crippen LogP contribution is -2.18. The van der Waals surface area contributed by atoms with Crippen LogP contribution in [0.3, 0.4) is 0 Å². The third-order valence-electron chi connectivity index (χ3n) is 1.12. The number of carbonyl (C=O) groups is 1. The average molecular weight is 161 g/mol. The molecule has 0 atom stereocenters. The molecule has 0 aliphatic heterocycles. The first-order valence-corrected chi connectivity index (χ1v) is 3.58. The molecule has 0 radical (unpaired) electrons. The Morgan fingerprint density at radius 3 is 2.64 bits per heavy atom. The second kappa shape index (κ2) is 6.12. The summed E-state index contributed by atoms with van der Waals surface area (Å²) < 4.78 is 4.63. The van der Waals surface area contributed by atoms with Crippen molar-refractivity contribution in [1.29, 1.82) is 0 Å². The van der Waals surface area contributed by atoms with Gasteiger partial charge in [0.2, 0.25) is 0 Å². The molecule has 0 bridgehead atoms. The first-order valence-electron chi connectivity index (χ1n) is 3.58. The van der Waals surface area contributed by atoms with Gasteiger partial charge in [-0.3, -0.25) is 4.79 Å². The second-order valence-corrected chi connectivity index (χ2v) is 2.50. The number of aliphatic hydroxyl groups is 1. The summed E-state index contributed by atoms with van der Waals surface area (Å²) in [5.74, 6) is -0.257. The number of nitrogens with zero attached hydrogens (tertiary/aromatic N) is 1. The number of aliphatic hydroxyl groups excluding tert-OH is 1. The molecule has 1 N–H and O–H groups in total. The molecule has 0 saturated carbocycles. The van der Waals surface area contributed by atoms with E-state index in [-0.39, 0.29) is 19.2 Å². The molecule has 0 aliphatic carbocycles. The third kappa shape index (κ3) is 7.29. The van der Waals surface area contributed by atoms with E-state index in [9.17, 15) is 4.79 Å². The number of ether oxygens (including phenoxy) is 1. The quantitative estimate of drug-likeness (QED) is 0.551. The van der Waals surface area contributed by atoms with Crippen LogP contribution in [0.25, 0.3) is 0 Å². The molecule has 11 heavy (non-hydrogen) atoms. The smallest absolute Gasteiger partial charge is 0.307 e. The highest BCUT2D eigenvalue weighted by molar-refractivity contribution is 5.69. The Morgan fingerprint density at radius 2 is 2.18 bits per heavy atom. The zero-order valence-corrected chi connectivity index (χ0v) is 7.04. The number of hydrogen-bond acceptors (Lipinski definition) is 4. The van der Waals surface area contributed by atoms with Crippen molar-refractivity contribution in [1.82, 2.24) is 4.90 Å². The van der Waals surface area contributed by atoms with Gasteiger partial charge < -0.3 is 14.7 Å². The minimum atomic E-state index is -0.257. The lowest BCUT2D eigenvalue weighted by Gasteiger charge is -2.08. The van der Waals surface area contributed by atoms with Gasteiger partial charge in [-0.15, -0.1) is 0 Å². The van der Waals surface area contributed by atoms with Crippen LogP contribution in [0.2, 0.25) is 0 Å². The van der Waals surface area contributed by atoms with Gasteiger partial charge in [0.05, 0.1) is 13.0 Å². The number of esters is 1. The lowest BCUT2D eigenvalue weighted by atomic mass is 10.4. The highest BCUT2D eigenvalue weighted by atomic mass is 16.5. The maximum Gasteiger partial charge on any atom is 0.307 e. The fourth-order valence-electron chi connectivity index (χ4n) is 0.547. The summed E-state index contributed by atoms with van der Waals surface area (Å²) in [6.45, 7) is 0.685. The lowest BCUT2D eigenvalue weighted by molar-refractivity contribution is -0.144. The summed E-state index contributed by atoms with van der Waals surface area (Å²) in [5, 5.41) is 8.30. The Kier molecular flexibility index (Phi) is 5.78. The van der Waals surface area contributed by atoms with Gasteiger partial charge in [-0.25, -0.2) is 0 Å². The van der Waals surface area contributed by atoms with E-state index in [1.165, 1.54) is 0 Å². The summed E-state index contributed by atoms with van der Waals surface area (Å²) in [6, 6.07) is 0. The molecule has 4 nitrogen and oxygen atoms in total. The Bertz CT molecular complexity index is 114. The minimum Gasteiger partial charge on any atom is -0.463 e. The van der Waals surface area contributed by atoms with Gasteiger partial charge in [0.1, 0.15) is 6.61 Å². The minimum absolute atomic E-state index is 0.103. The summed E-state index contributed by atoms with van der Waals surface area (Å²) >= 11 is 0. The van der Waals surface area contributed by atoms with Crippen molar-refractivity contribution in [2.45, 2.75) is 6.42 Å². The molecule has 0 aromatic heterocycles. The van der Waals surface area contributed by atoms with Crippen LogP contribution in [0.1, 0.15) is 6.42 Å². The van der Waals surface area contributed by atoms with Gasteiger partial charge in [-0.2, -0.15) is 0 Å². The summed E-state index contributed by atoms with van der Waals surface area (Å²) in [7, 11) is 3.78. The second-order valence-electron chi connectivity index (χ2n) is 2.50. The van der Waals surface area contributed by atoms with E-state index in [0.717, 1.165) is 0 Å². The van der Waals surface area contributed by atoms with Crippen molar-refractivity contribution in [3.05, 3.63) is 0 Å². The van der Waals surface area contributed by atoms with E-state index in [1.54, 1.807) is 0 Å². The van der Waals surface area contributed by atoms with Crippen molar-refractivity contribution >= 4 is 5.97 Å². The predicted molar refractivity (Wildman–Crippen MR) is 41.2 cm³/mol. The highest BCUT2D eigenvalue weighted by Gasteiger charge is 2.01. The summed E-state index contributed by atoms with van der Waals surface area (Å²) in [4.78, 5) is 12.6. The predicted octanol–water partition coefficient (Wildman–Crippen LogP) is -0.526. The molecular weight excluding hydrogens is 146 g/mol. The van der Waals surface area contributed by atoms with Crippen molar-refractivity contribution < 1.29 is 14.6 Å². The van der Waals surface area contributed by atoms with Crippen LogP contribution in [-0.4, -0.2) is 49.8 Å². The van der Waals surface area contributed by atoms with Gasteiger partial charge >= 0.3 is 5.97 Å². The SMILES string of the molecule is CN(C)CCC(=O)OCCO. The third-order valence-corrected chi connectivity index (χ3v) is 1.12.